The van der Waals surface area contributed by atoms with Gasteiger partial charge >= 0.3 is 12.1 Å². The van der Waals surface area contributed by atoms with Crippen molar-refractivity contribution in [2.45, 2.75) is 20.0 Å². The molecular weight excluding hydrogens is 427 g/mol. The highest BCUT2D eigenvalue weighted by Gasteiger charge is 2.39. The van der Waals surface area contributed by atoms with Gasteiger partial charge < -0.3 is 5.32 Å². The second-order valence-corrected chi connectivity index (χ2v) is 6.65. The van der Waals surface area contributed by atoms with Gasteiger partial charge in [0.05, 0.1) is 5.69 Å². The number of aromatic nitrogens is 4. The molecule has 3 aromatic rings. The lowest BCUT2D eigenvalue weighted by molar-refractivity contribution is -0.167. The summed E-state index contributed by atoms with van der Waals surface area (Å²) in [5.41, 5.74) is 2.25. The van der Waals surface area contributed by atoms with E-state index in [2.05, 4.69) is 31.0 Å². The van der Waals surface area contributed by atoms with Gasteiger partial charge in [0, 0.05) is 27.5 Å². The van der Waals surface area contributed by atoms with Gasteiger partial charge in [-0.3, -0.25) is 4.79 Å². The third kappa shape index (κ3) is 4.33. The fourth-order valence-corrected chi connectivity index (χ4v) is 2.64. The van der Waals surface area contributed by atoms with Crippen molar-refractivity contribution in [3.05, 3.63) is 52.3 Å². The topological polar surface area (TPSA) is 72.7 Å². The zero-order chi connectivity index (χ0) is 19.8. The van der Waals surface area contributed by atoms with Crippen molar-refractivity contribution in [1.82, 2.24) is 19.7 Å². The summed E-state index contributed by atoms with van der Waals surface area (Å²) in [6, 6.07) is 10.1. The Kier molecular flexibility index (Phi) is 5.01. The van der Waals surface area contributed by atoms with Gasteiger partial charge in [0.1, 0.15) is 5.82 Å². The monoisotopic (exact) mass is 439 g/mol. The minimum absolute atomic E-state index is 0.0633. The van der Waals surface area contributed by atoms with Crippen molar-refractivity contribution in [2.24, 2.45) is 0 Å². The molecule has 0 spiro atoms. The van der Waals surface area contributed by atoms with Gasteiger partial charge in [-0.25, -0.2) is 9.97 Å². The van der Waals surface area contributed by atoms with Crippen molar-refractivity contribution < 1.29 is 18.0 Å². The van der Waals surface area contributed by atoms with Crippen LogP contribution in [0.5, 0.6) is 0 Å². The first-order valence-corrected chi connectivity index (χ1v) is 8.49. The fourth-order valence-electron chi connectivity index (χ4n) is 2.37. The number of benzene rings is 1. The average molecular weight is 440 g/mol. The molecule has 0 unspecified atom stereocenters. The summed E-state index contributed by atoms with van der Waals surface area (Å²) in [5.74, 6) is -2.22. The molecule has 10 heteroatoms. The van der Waals surface area contributed by atoms with Gasteiger partial charge in [0.2, 0.25) is 0 Å². The van der Waals surface area contributed by atoms with Crippen molar-refractivity contribution in [3.8, 4) is 17.2 Å². The van der Waals surface area contributed by atoms with E-state index in [0.29, 0.717) is 22.6 Å². The van der Waals surface area contributed by atoms with Crippen molar-refractivity contribution >= 4 is 27.7 Å². The summed E-state index contributed by atoms with van der Waals surface area (Å²) >= 11 is 3.32. The molecule has 6 nitrogen and oxygen atoms in total. The molecule has 27 heavy (non-hydrogen) atoms. The molecule has 0 atom stereocenters. The van der Waals surface area contributed by atoms with Crippen LogP contribution in [0, 0.1) is 13.8 Å². The molecule has 2 aromatic heterocycles. The maximum atomic E-state index is 12.7. The number of halogens is 4. The van der Waals surface area contributed by atoms with Gasteiger partial charge in [-0.15, -0.1) is 0 Å². The number of nitrogens with one attached hydrogen (secondary N) is 1. The number of nitrogens with zero attached hydrogens (tertiary/aromatic N) is 4. The van der Waals surface area contributed by atoms with Gasteiger partial charge in [0.15, 0.2) is 0 Å². The predicted octanol–water partition coefficient (Wildman–Crippen LogP) is 4.21. The normalized spacial score (nSPS) is 11.5. The molecule has 0 fully saturated rings. The smallest absolute Gasteiger partial charge is 0.303 e. The lowest BCUT2D eigenvalue weighted by atomic mass is 10.1. The van der Waals surface area contributed by atoms with Crippen molar-refractivity contribution in [1.29, 1.82) is 0 Å². The molecule has 0 saturated carbocycles. The fraction of sp³-hybridized carbons (Fsp3) is 0.176. The number of hydrogen-bond donors (Lipinski definition) is 1. The Balaban J connectivity index is 2.11. The van der Waals surface area contributed by atoms with Crippen LogP contribution >= 0.6 is 15.9 Å². The van der Waals surface area contributed by atoms with E-state index < -0.39 is 12.1 Å². The predicted molar refractivity (Wildman–Crippen MR) is 96.4 cm³/mol. The minimum Gasteiger partial charge on any atom is -0.303 e. The van der Waals surface area contributed by atoms with Crippen LogP contribution in [0.3, 0.4) is 0 Å². The van der Waals surface area contributed by atoms with E-state index >= 15 is 0 Å². The Morgan fingerprint density at radius 2 is 1.67 bits per heavy atom. The van der Waals surface area contributed by atoms with E-state index in [-0.39, 0.29) is 11.8 Å². The number of alkyl halides is 3. The molecule has 1 aromatic carbocycles. The summed E-state index contributed by atoms with van der Waals surface area (Å²) < 4.78 is 40.0. The number of aryl methyl sites for hydroxylation is 2. The maximum Gasteiger partial charge on any atom is 0.471 e. The Labute approximate surface area is 160 Å². The SMILES string of the molecule is Cc1cc(C)nc(-n2nc(-c3ccc(Br)cc3)cc2NC(=O)C(F)(F)F)n1. The van der Waals surface area contributed by atoms with E-state index in [1.807, 2.05) is 5.32 Å². The standard InChI is InChI=1S/C17H13BrF3N5O/c1-9-7-10(2)23-16(22-9)26-14(24-15(27)17(19,20)21)8-13(25-26)11-3-5-12(18)6-4-11/h3-8H,1-2H3,(H,24,27). The highest BCUT2D eigenvalue weighted by atomic mass is 79.9. The summed E-state index contributed by atoms with van der Waals surface area (Å²) in [4.78, 5) is 19.8. The highest BCUT2D eigenvalue weighted by Crippen LogP contribution is 2.27. The van der Waals surface area contributed by atoms with E-state index in [0.717, 1.165) is 9.15 Å². The first kappa shape index (κ1) is 19.0. The van der Waals surface area contributed by atoms with Crippen molar-refractivity contribution in [3.63, 3.8) is 0 Å². The first-order chi connectivity index (χ1) is 12.6. The summed E-state index contributed by atoms with van der Waals surface area (Å²) in [6.45, 7) is 3.45. The third-order valence-electron chi connectivity index (χ3n) is 3.51. The van der Waals surface area contributed by atoms with Crippen LogP contribution in [0.1, 0.15) is 11.4 Å². The highest BCUT2D eigenvalue weighted by molar-refractivity contribution is 9.10. The van der Waals surface area contributed by atoms with Gasteiger partial charge in [-0.1, -0.05) is 28.1 Å². The molecule has 0 aliphatic rings. The number of carbonyl (C=O) groups is 1. The van der Waals surface area contributed by atoms with E-state index in [4.69, 9.17) is 0 Å². The molecule has 0 aliphatic carbocycles. The van der Waals surface area contributed by atoms with Crippen LogP contribution in [-0.2, 0) is 4.79 Å². The first-order valence-electron chi connectivity index (χ1n) is 7.70. The summed E-state index contributed by atoms with van der Waals surface area (Å²) in [5, 5.41) is 6.13. The second kappa shape index (κ2) is 7.10. The molecule has 0 saturated heterocycles. The van der Waals surface area contributed by atoms with E-state index in [1.54, 1.807) is 44.2 Å². The number of amides is 1. The molecule has 0 aliphatic heterocycles. The third-order valence-corrected chi connectivity index (χ3v) is 4.04. The number of rotatable bonds is 3. The second-order valence-electron chi connectivity index (χ2n) is 5.74. The molecule has 0 radical (unpaired) electrons. The number of carbonyl (C=O) groups excluding carboxylic acids is 1. The van der Waals surface area contributed by atoms with Gasteiger partial charge in [0.25, 0.3) is 5.95 Å². The van der Waals surface area contributed by atoms with Crippen LogP contribution in [0.15, 0.2) is 40.9 Å². The molecule has 2 heterocycles. The largest absolute Gasteiger partial charge is 0.471 e. The zero-order valence-electron chi connectivity index (χ0n) is 14.2. The van der Waals surface area contributed by atoms with Crippen LogP contribution in [0.25, 0.3) is 17.2 Å². The van der Waals surface area contributed by atoms with E-state index in [1.165, 1.54) is 6.07 Å². The molecule has 140 valence electrons. The Morgan fingerprint density at radius 1 is 1.07 bits per heavy atom. The van der Waals surface area contributed by atoms with Crippen LogP contribution in [0.2, 0.25) is 0 Å². The molecular formula is C17H13BrF3N5O. The Hall–Kier alpha value is -2.75. The summed E-state index contributed by atoms with van der Waals surface area (Å²) in [6.07, 6.45) is -5.03. The van der Waals surface area contributed by atoms with Crippen molar-refractivity contribution in [2.75, 3.05) is 5.32 Å². The lowest BCUT2D eigenvalue weighted by Crippen LogP contribution is -2.31. The minimum atomic E-state index is -5.03. The Morgan fingerprint density at radius 3 is 2.22 bits per heavy atom. The Bertz CT molecular complexity index is 979. The lowest BCUT2D eigenvalue weighted by Gasteiger charge is -2.10. The van der Waals surface area contributed by atoms with Crippen LogP contribution < -0.4 is 5.32 Å². The van der Waals surface area contributed by atoms with Crippen LogP contribution in [0.4, 0.5) is 19.0 Å². The van der Waals surface area contributed by atoms with E-state index in [9.17, 15) is 18.0 Å². The molecule has 3 rings (SSSR count). The maximum absolute atomic E-state index is 12.7. The van der Waals surface area contributed by atoms with Gasteiger partial charge in [-0.2, -0.15) is 23.0 Å². The van der Waals surface area contributed by atoms with Crippen LogP contribution in [-0.4, -0.2) is 31.8 Å². The molecule has 1 amide bonds. The summed E-state index contributed by atoms with van der Waals surface area (Å²) in [7, 11) is 0. The molecule has 1 N–H and O–H groups in total. The van der Waals surface area contributed by atoms with Gasteiger partial charge in [-0.05, 0) is 32.0 Å². The molecule has 0 bridgehead atoms. The quantitative estimate of drug-likeness (QED) is 0.663. The number of anilines is 1. The average Bonchev–Trinajstić information content (AvgIpc) is 2.97. The number of hydrogen-bond acceptors (Lipinski definition) is 4. The zero-order valence-corrected chi connectivity index (χ0v) is 15.8.